The molecule has 9 nitrogen and oxygen atoms in total. The maximum Gasteiger partial charge on any atom is 0.407 e. The topological polar surface area (TPSA) is 118 Å². The standard InChI is InChI=1S/C21H22N4O5S/c1-11-12(2)31-18(23-11)10-30-21(29)22-8-13-3-4-14-9-25(20(28)15(14)7-13)16-5-6-17(26)24-19(16)27/h3-4,7,16H,5-6,8-10H2,1-2H3,(H,22,29)(H,24,26,27). The molecule has 0 aliphatic carbocycles. The molecule has 4 rings (SSSR count). The highest BCUT2D eigenvalue weighted by Crippen LogP contribution is 2.28. The van der Waals surface area contributed by atoms with Gasteiger partial charge in [0, 0.05) is 30.0 Å². The summed E-state index contributed by atoms with van der Waals surface area (Å²) in [4.78, 5) is 55.2. The van der Waals surface area contributed by atoms with Gasteiger partial charge < -0.3 is 15.0 Å². The number of imide groups is 1. The van der Waals surface area contributed by atoms with Crippen LogP contribution in [0.3, 0.4) is 0 Å². The number of alkyl carbamates (subject to hydrolysis) is 1. The first-order valence-corrected chi connectivity index (χ1v) is 10.7. The zero-order valence-electron chi connectivity index (χ0n) is 17.2. The van der Waals surface area contributed by atoms with Crippen molar-refractivity contribution in [3.05, 3.63) is 50.5 Å². The number of hydrogen-bond donors (Lipinski definition) is 2. The molecule has 1 aromatic carbocycles. The van der Waals surface area contributed by atoms with E-state index in [1.54, 1.807) is 6.07 Å². The van der Waals surface area contributed by atoms with E-state index in [9.17, 15) is 19.2 Å². The predicted molar refractivity (Wildman–Crippen MR) is 111 cm³/mol. The SMILES string of the molecule is Cc1nc(COC(=O)NCc2ccc3c(c2)C(=O)N(C2CCC(=O)NC2=O)C3)sc1C. The van der Waals surface area contributed by atoms with Crippen molar-refractivity contribution in [3.8, 4) is 0 Å². The number of amides is 4. The number of aromatic nitrogens is 1. The smallest absolute Gasteiger partial charge is 0.407 e. The van der Waals surface area contributed by atoms with Crippen molar-refractivity contribution in [1.29, 1.82) is 0 Å². The second-order valence-corrected chi connectivity index (χ2v) is 8.86. The molecule has 3 heterocycles. The molecule has 162 valence electrons. The van der Waals surface area contributed by atoms with Crippen LogP contribution in [0.4, 0.5) is 4.79 Å². The van der Waals surface area contributed by atoms with E-state index in [0.717, 1.165) is 26.7 Å². The Morgan fingerprint density at radius 1 is 1.32 bits per heavy atom. The first kappa shape index (κ1) is 21.0. The Labute approximate surface area is 182 Å². The van der Waals surface area contributed by atoms with Crippen molar-refractivity contribution in [1.82, 2.24) is 20.5 Å². The van der Waals surface area contributed by atoms with Gasteiger partial charge in [-0.15, -0.1) is 11.3 Å². The quantitative estimate of drug-likeness (QED) is 0.684. The minimum absolute atomic E-state index is 0.106. The molecule has 2 N–H and O–H groups in total. The van der Waals surface area contributed by atoms with Gasteiger partial charge in [-0.25, -0.2) is 9.78 Å². The largest absolute Gasteiger partial charge is 0.442 e. The molecule has 31 heavy (non-hydrogen) atoms. The van der Waals surface area contributed by atoms with E-state index in [-0.39, 0.29) is 31.4 Å². The van der Waals surface area contributed by atoms with Crippen LogP contribution in [0.2, 0.25) is 0 Å². The number of aryl methyl sites for hydroxylation is 2. The number of thiazole rings is 1. The second-order valence-electron chi connectivity index (χ2n) is 7.57. The van der Waals surface area contributed by atoms with Gasteiger partial charge in [-0.05, 0) is 37.5 Å². The minimum atomic E-state index is -0.646. The molecule has 2 aromatic rings. The van der Waals surface area contributed by atoms with Gasteiger partial charge in [0.2, 0.25) is 11.8 Å². The van der Waals surface area contributed by atoms with Gasteiger partial charge in [0.25, 0.3) is 5.91 Å². The Bertz CT molecular complexity index is 1060. The van der Waals surface area contributed by atoms with Gasteiger partial charge in [-0.3, -0.25) is 19.7 Å². The van der Waals surface area contributed by atoms with Crippen LogP contribution < -0.4 is 10.6 Å². The molecule has 0 radical (unpaired) electrons. The van der Waals surface area contributed by atoms with E-state index in [1.807, 2.05) is 26.0 Å². The summed E-state index contributed by atoms with van der Waals surface area (Å²) < 4.78 is 5.20. The van der Waals surface area contributed by atoms with Gasteiger partial charge in [0.15, 0.2) is 0 Å². The van der Waals surface area contributed by atoms with E-state index >= 15 is 0 Å². The van der Waals surface area contributed by atoms with Gasteiger partial charge in [0.05, 0.1) is 5.69 Å². The summed E-state index contributed by atoms with van der Waals surface area (Å²) in [6, 6.07) is 4.72. The molecule has 0 saturated carbocycles. The molecular formula is C21H22N4O5S. The molecule has 1 atom stereocenters. The molecule has 2 aliphatic rings. The highest BCUT2D eigenvalue weighted by atomic mass is 32.1. The Morgan fingerprint density at radius 3 is 2.84 bits per heavy atom. The lowest BCUT2D eigenvalue weighted by atomic mass is 10.0. The summed E-state index contributed by atoms with van der Waals surface area (Å²) in [5, 5.41) is 5.70. The Kier molecular flexibility index (Phi) is 5.73. The summed E-state index contributed by atoms with van der Waals surface area (Å²) in [7, 11) is 0. The van der Waals surface area contributed by atoms with Crippen LogP contribution in [-0.4, -0.2) is 39.7 Å². The maximum absolute atomic E-state index is 12.8. The third-order valence-corrected chi connectivity index (χ3v) is 6.48. The number of ether oxygens (including phenoxy) is 1. The van der Waals surface area contributed by atoms with E-state index in [2.05, 4.69) is 15.6 Å². The van der Waals surface area contributed by atoms with Crippen LogP contribution in [-0.2, 0) is 34.0 Å². The molecular weight excluding hydrogens is 420 g/mol. The lowest BCUT2D eigenvalue weighted by molar-refractivity contribution is -0.136. The van der Waals surface area contributed by atoms with Gasteiger partial charge >= 0.3 is 6.09 Å². The molecule has 0 spiro atoms. The summed E-state index contributed by atoms with van der Waals surface area (Å²) in [6.07, 6.45) is -0.0287. The number of fused-ring (bicyclic) bond motifs is 1. The van der Waals surface area contributed by atoms with Crippen molar-refractivity contribution in [2.45, 2.75) is 52.4 Å². The summed E-state index contributed by atoms with van der Waals surface area (Å²) in [5.41, 5.74) is 3.00. The summed E-state index contributed by atoms with van der Waals surface area (Å²) >= 11 is 1.49. The van der Waals surface area contributed by atoms with Gasteiger partial charge in [0.1, 0.15) is 17.7 Å². The average molecular weight is 442 g/mol. The lowest BCUT2D eigenvalue weighted by Gasteiger charge is -2.29. The van der Waals surface area contributed by atoms with Crippen molar-refractivity contribution in [2.75, 3.05) is 0 Å². The number of hydrogen-bond acceptors (Lipinski definition) is 7. The van der Waals surface area contributed by atoms with Crippen LogP contribution in [0.1, 0.15) is 49.9 Å². The van der Waals surface area contributed by atoms with Crippen LogP contribution in [0, 0.1) is 13.8 Å². The number of carbonyl (C=O) groups excluding carboxylic acids is 4. The average Bonchev–Trinajstić information content (AvgIpc) is 3.23. The number of nitrogens with zero attached hydrogens (tertiary/aromatic N) is 2. The normalized spacial score (nSPS) is 18.1. The van der Waals surface area contributed by atoms with E-state index in [4.69, 9.17) is 4.74 Å². The summed E-state index contributed by atoms with van der Waals surface area (Å²) in [5.74, 6) is -0.998. The minimum Gasteiger partial charge on any atom is -0.442 e. The number of piperidine rings is 1. The van der Waals surface area contributed by atoms with Crippen LogP contribution >= 0.6 is 11.3 Å². The molecule has 10 heteroatoms. The fraction of sp³-hybridized carbons (Fsp3) is 0.381. The van der Waals surface area contributed by atoms with Gasteiger partial charge in [-0.2, -0.15) is 0 Å². The van der Waals surface area contributed by atoms with Crippen molar-refractivity contribution < 1.29 is 23.9 Å². The molecule has 4 amide bonds. The van der Waals surface area contributed by atoms with Crippen molar-refractivity contribution in [3.63, 3.8) is 0 Å². The maximum atomic E-state index is 12.8. The van der Waals surface area contributed by atoms with E-state index in [0.29, 0.717) is 18.5 Å². The Balaban J connectivity index is 1.34. The molecule has 0 bridgehead atoms. The second kappa shape index (κ2) is 8.46. The van der Waals surface area contributed by atoms with Crippen molar-refractivity contribution >= 4 is 35.2 Å². The Morgan fingerprint density at radius 2 is 2.13 bits per heavy atom. The Hall–Kier alpha value is -3.27. The molecule has 1 fully saturated rings. The van der Waals surface area contributed by atoms with Crippen LogP contribution in [0.15, 0.2) is 18.2 Å². The van der Waals surface area contributed by atoms with Crippen molar-refractivity contribution in [2.24, 2.45) is 0 Å². The zero-order chi connectivity index (χ0) is 22.1. The zero-order valence-corrected chi connectivity index (χ0v) is 18.0. The number of rotatable bonds is 5. The third kappa shape index (κ3) is 4.43. The molecule has 2 aliphatic heterocycles. The van der Waals surface area contributed by atoms with Gasteiger partial charge in [-0.1, -0.05) is 12.1 Å². The highest BCUT2D eigenvalue weighted by Gasteiger charge is 2.39. The molecule has 1 unspecified atom stereocenters. The fourth-order valence-electron chi connectivity index (χ4n) is 3.67. The fourth-order valence-corrected chi connectivity index (χ4v) is 4.51. The van der Waals surface area contributed by atoms with Crippen LogP contribution in [0.5, 0.6) is 0 Å². The van der Waals surface area contributed by atoms with Crippen LogP contribution in [0.25, 0.3) is 0 Å². The number of carbonyl (C=O) groups is 4. The number of nitrogens with one attached hydrogen (secondary N) is 2. The lowest BCUT2D eigenvalue weighted by Crippen LogP contribution is -2.52. The first-order chi connectivity index (χ1) is 14.8. The molecule has 1 saturated heterocycles. The summed E-state index contributed by atoms with van der Waals surface area (Å²) in [6.45, 7) is 4.50. The van der Waals surface area contributed by atoms with E-state index in [1.165, 1.54) is 16.2 Å². The third-order valence-electron chi connectivity index (χ3n) is 5.43. The molecule has 1 aromatic heterocycles. The highest BCUT2D eigenvalue weighted by molar-refractivity contribution is 7.11. The first-order valence-electron chi connectivity index (χ1n) is 9.92. The monoisotopic (exact) mass is 442 g/mol. The number of benzene rings is 1. The van der Waals surface area contributed by atoms with E-state index < -0.39 is 18.0 Å². The predicted octanol–water partition coefficient (Wildman–Crippen LogP) is 1.95.